The predicted molar refractivity (Wildman–Crippen MR) is 74.8 cm³/mol. The molecule has 3 rings (SSSR count). The number of benzene rings is 1. The minimum atomic E-state index is 0.0537. The summed E-state index contributed by atoms with van der Waals surface area (Å²) in [4.78, 5) is 14.8. The molecule has 1 amide bonds. The van der Waals surface area contributed by atoms with Gasteiger partial charge in [-0.1, -0.05) is 18.2 Å². The van der Waals surface area contributed by atoms with Gasteiger partial charge in [-0.05, 0) is 38.1 Å². The van der Waals surface area contributed by atoms with E-state index in [1.807, 2.05) is 42.1 Å². The molecule has 0 unspecified atom stereocenters. The van der Waals surface area contributed by atoms with E-state index in [9.17, 15) is 4.79 Å². The van der Waals surface area contributed by atoms with Gasteiger partial charge in [0.2, 0.25) is 0 Å². The van der Waals surface area contributed by atoms with Gasteiger partial charge in [0.1, 0.15) is 0 Å². The van der Waals surface area contributed by atoms with Crippen molar-refractivity contribution >= 4 is 17.7 Å². The van der Waals surface area contributed by atoms with Gasteiger partial charge in [-0.3, -0.25) is 4.79 Å². The minimum absolute atomic E-state index is 0.0537. The fourth-order valence-corrected chi connectivity index (χ4v) is 4.34. The van der Waals surface area contributed by atoms with E-state index in [-0.39, 0.29) is 10.8 Å². The van der Waals surface area contributed by atoms with Crippen molar-refractivity contribution < 1.29 is 4.79 Å². The molecule has 3 nitrogen and oxygen atoms in total. The van der Waals surface area contributed by atoms with Gasteiger partial charge in [0.15, 0.2) is 0 Å². The third-order valence-electron chi connectivity index (χ3n) is 3.83. The second-order valence-corrected chi connectivity index (χ2v) is 6.32. The summed E-state index contributed by atoms with van der Waals surface area (Å²) in [5.74, 6) is 1.26. The highest BCUT2D eigenvalue weighted by Gasteiger charge is 2.44. The Hall–Kier alpha value is -1.00. The van der Waals surface area contributed by atoms with Crippen molar-refractivity contribution in [2.75, 3.05) is 25.4 Å². The Morgan fingerprint density at radius 3 is 2.67 bits per heavy atom. The fraction of sp³-hybridized carbons (Fsp3) is 0.500. The van der Waals surface area contributed by atoms with Gasteiger partial charge in [-0.25, -0.2) is 0 Å². The van der Waals surface area contributed by atoms with E-state index < -0.39 is 0 Å². The summed E-state index contributed by atoms with van der Waals surface area (Å²) in [6.07, 6.45) is 2.13. The lowest BCUT2D eigenvalue weighted by molar-refractivity contribution is 0.0635. The molecule has 1 spiro atoms. The van der Waals surface area contributed by atoms with Crippen LogP contribution in [0.15, 0.2) is 30.3 Å². The van der Waals surface area contributed by atoms with Crippen molar-refractivity contribution in [1.82, 2.24) is 10.2 Å². The highest BCUT2D eigenvalue weighted by molar-refractivity contribution is 8.00. The van der Waals surface area contributed by atoms with E-state index in [0.29, 0.717) is 0 Å². The summed E-state index contributed by atoms with van der Waals surface area (Å²) in [6, 6.07) is 9.66. The maximum atomic E-state index is 12.6. The molecule has 0 aliphatic carbocycles. The van der Waals surface area contributed by atoms with E-state index in [2.05, 4.69) is 10.2 Å². The van der Waals surface area contributed by atoms with Crippen LogP contribution in [0.5, 0.6) is 0 Å². The van der Waals surface area contributed by atoms with Crippen LogP contribution >= 0.6 is 11.8 Å². The zero-order valence-electron chi connectivity index (χ0n) is 10.4. The van der Waals surface area contributed by atoms with E-state index in [1.54, 1.807) is 0 Å². The van der Waals surface area contributed by atoms with Crippen molar-refractivity contribution in [2.24, 2.45) is 0 Å². The van der Waals surface area contributed by atoms with E-state index in [1.165, 1.54) is 0 Å². The van der Waals surface area contributed by atoms with E-state index in [0.717, 1.165) is 43.8 Å². The van der Waals surface area contributed by atoms with Gasteiger partial charge in [-0.15, -0.1) is 11.8 Å². The summed E-state index contributed by atoms with van der Waals surface area (Å²) in [7, 11) is 0. The number of piperidine rings is 1. The lowest BCUT2D eigenvalue weighted by Crippen LogP contribution is -2.51. The molecule has 4 heteroatoms. The van der Waals surface area contributed by atoms with Crippen molar-refractivity contribution in [3.05, 3.63) is 35.9 Å². The molecule has 2 heterocycles. The van der Waals surface area contributed by atoms with Crippen molar-refractivity contribution in [1.29, 1.82) is 0 Å². The molecule has 1 N–H and O–H groups in total. The predicted octanol–water partition coefficient (Wildman–Crippen LogP) is 1.96. The Morgan fingerprint density at radius 1 is 1.22 bits per heavy atom. The molecule has 2 saturated heterocycles. The first kappa shape index (κ1) is 12.1. The Morgan fingerprint density at radius 2 is 1.94 bits per heavy atom. The van der Waals surface area contributed by atoms with Crippen molar-refractivity contribution in [2.45, 2.75) is 17.7 Å². The molecule has 0 radical (unpaired) electrons. The number of carbonyl (C=O) groups excluding carboxylic acids is 1. The van der Waals surface area contributed by atoms with Crippen LogP contribution in [-0.2, 0) is 0 Å². The zero-order valence-corrected chi connectivity index (χ0v) is 11.2. The third-order valence-corrected chi connectivity index (χ3v) is 5.38. The van der Waals surface area contributed by atoms with E-state index >= 15 is 0 Å². The topological polar surface area (TPSA) is 32.3 Å². The molecule has 1 aromatic rings. The number of hydrogen-bond donors (Lipinski definition) is 1. The second-order valence-electron chi connectivity index (χ2n) is 4.87. The number of carbonyl (C=O) groups is 1. The summed E-state index contributed by atoms with van der Waals surface area (Å²) in [6.45, 7) is 2.93. The smallest absolute Gasteiger partial charge is 0.254 e. The normalized spacial score (nSPS) is 22.3. The Kier molecular flexibility index (Phi) is 3.31. The van der Waals surface area contributed by atoms with Gasteiger partial charge in [0.25, 0.3) is 5.91 Å². The van der Waals surface area contributed by atoms with Gasteiger partial charge in [0, 0.05) is 17.9 Å². The summed E-state index contributed by atoms with van der Waals surface area (Å²) >= 11 is 1.96. The largest absolute Gasteiger partial charge is 0.323 e. The Labute approximate surface area is 112 Å². The van der Waals surface area contributed by atoms with Crippen LogP contribution in [0.25, 0.3) is 0 Å². The average Bonchev–Trinajstić information content (AvgIpc) is 2.83. The monoisotopic (exact) mass is 262 g/mol. The van der Waals surface area contributed by atoms with E-state index in [4.69, 9.17) is 0 Å². The highest BCUT2D eigenvalue weighted by atomic mass is 32.2. The highest BCUT2D eigenvalue weighted by Crippen LogP contribution is 2.43. The molecule has 0 aromatic heterocycles. The van der Waals surface area contributed by atoms with Crippen LogP contribution in [0.2, 0.25) is 0 Å². The quantitative estimate of drug-likeness (QED) is 0.839. The minimum Gasteiger partial charge on any atom is -0.323 e. The molecule has 0 saturated carbocycles. The molecule has 96 valence electrons. The molecule has 1 aromatic carbocycles. The van der Waals surface area contributed by atoms with Gasteiger partial charge in [0.05, 0.1) is 4.87 Å². The summed E-state index contributed by atoms with van der Waals surface area (Å²) < 4.78 is 0. The van der Waals surface area contributed by atoms with Crippen LogP contribution in [0, 0.1) is 0 Å². The number of rotatable bonds is 1. The Bertz CT molecular complexity index is 429. The zero-order chi connectivity index (χ0) is 12.4. The van der Waals surface area contributed by atoms with Gasteiger partial charge in [-0.2, -0.15) is 0 Å². The van der Waals surface area contributed by atoms with Crippen molar-refractivity contribution in [3.8, 4) is 0 Å². The molecular weight excluding hydrogens is 244 g/mol. The fourth-order valence-electron chi connectivity index (χ4n) is 2.86. The number of amides is 1. The SMILES string of the molecule is O=C(c1ccccc1)N1CCSC12CCNCC2. The van der Waals surface area contributed by atoms with Crippen LogP contribution in [-0.4, -0.2) is 41.1 Å². The van der Waals surface area contributed by atoms with Crippen LogP contribution < -0.4 is 5.32 Å². The molecule has 18 heavy (non-hydrogen) atoms. The first-order valence-corrected chi connectivity index (χ1v) is 7.52. The standard InChI is InChI=1S/C14H18N2OS/c17-13(12-4-2-1-3-5-12)16-10-11-18-14(16)6-8-15-9-7-14/h1-5,15H,6-11H2. The molecule has 2 fully saturated rings. The van der Waals surface area contributed by atoms with Gasteiger partial charge >= 0.3 is 0 Å². The number of thioether (sulfide) groups is 1. The summed E-state index contributed by atoms with van der Waals surface area (Å²) in [5.41, 5.74) is 0.818. The molecule has 0 bridgehead atoms. The average molecular weight is 262 g/mol. The molecular formula is C14H18N2OS. The lowest BCUT2D eigenvalue weighted by Gasteiger charge is -2.40. The van der Waals surface area contributed by atoms with Crippen LogP contribution in [0.3, 0.4) is 0 Å². The molecule has 2 aliphatic rings. The summed E-state index contributed by atoms with van der Waals surface area (Å²) in [5, 5.41) is 3.38. The lowest BCUT2D eigenvalue weighted by atomic mass is 10.0. The number of nitrogens with zero attached hydrogens (tertiary/aromatic N) is 1. The Balaban J connectivity index is 1.84. The number of hydrogen-bond acceptors (Lipinski definition) is 3. The van der Waals surface area contributed by atoms with Crippen molar-refractivity contribution in [3.63, 3.8) is 0 Å². The molecule has 2 aliphatic heterocycles. The first-order valence-electron chi connectivity index (χ1n) is 6.54. The van der Waals surface area contributed by atoms with Crippen LogP contribution in [0.4, 0.5) is 0 Å². The second kappa shape index (κ2) is 4.94. The van der Waals surface area contributed by atoms with Gasteiger partial charge < -0.3 is 10.2 Å². The maximum absolute atomic E-state index is 12.6. The third kappa shape index (κ3) is 2.04. The van der Waals surface area contributed by atoms with Crippen LogP contribution in [0.1, 0.15) is 23.2 Å². The first-order chi connectivity index (χ1) is 8.82. The number of nitrogens with one attached hydrogen (secondary N) is 1. The molecule has 0 atom stereocenters. The maximum Gasteiger partial charge on any atom is 0.254 e.